The summed E-state index contributed by atoms with van der Waals surface area (Å²) < 4.78 is 31.9. The van der Waals surface area contributed by atoms with E-state index >= 15 is 0 Å². The van der Waals surface area contributed by atoms with E-state index < -0.39 is 10.1 Å². The van der Waals surface area contributed by atoms with Crippen molar-refractivity contribution < 1.29 is 17.8 Å². The highest BCUT2D eigenvalue weighted by molar-refractivity contribution is 7.86. The molecule has 0 fully saturated rings. The molecular weight excluding hydrogens is 254 g/mol. The van der Waals surface area contributed by atoms with Crippen LogP contribution < -0.4 is 5.32 Å². The molecule has 0 spiro atoms. The van der Waals surface area contributed by atoms with Gasteiger partial charge in [-0.2, -0.15) is 8.42 Å². The molecule has 2 aromatic rings. The Hall–Kier alpha value is -1.92. The first kappa shape index (κ1) is 12.5. The van der Waals surface area contributed by atoms with E-state index in [-0.39, 0.29) is 10.8 Å². The fourth-order valence-electron chi connectivity index (χ4n) is 1.82. The molecular formula is C12H11NO4S. The van der Waals surface area contributed by atoms with Gasteiger partial charge in [-0.15, -0.1) is 0 Å². The van der Waals surface area contributed by atoms with Crippen molar-refractivity contribution in [1.29, 1.82) is 0 Å². The van der Waals surface area contributed by atoms with Crippen LogP contribution in [0.1, 0.15) is 6.92 Å². The Morgan fingerprint density at radius 1 is 1.17 bits per heavy atom. The summed E-state index contributed by atoms with van der Waals surface area (Å²) in [6, 6.07) is 9.51. The lowest BCUT2D eigenvalue weighted by Gasteiger charge is -2.10. The second-order valence-electron chi connectivity index (χ2n) is 3.82. The molecule has 0 radical (unpaired) electrons. The molecule has 0 saturated carbocycles. The maximum Gasteiger partial charge on any atom is 0.295 e. The first-order valence-electron chi connectivity index (χ1n) is 5.16. The van der Waals surface area contributed by atoms with Crippen LogP contribution in [0.4, 0.5) is 5.69 Å². The van der Waals surface area contributed by atoms with Crippen molar-refractivity contribution in [1.82, 2.24) is 0 Å². The van der Waals surface area contributed by atoms with E-state index in [4.69, 9.17) is 0 Å². The van der Waals surface area contributed by atoms with Crippen molar-refractivity contribution in [2.24, 2.45) is 0 Å². The number of rotatable bonds is 2. The van der Waals surface area contributed by atoms with Gasteiger partial charge in [0, 0.05) is 18.0 Å². The number of hydrogen-bond donors (Lipinski definition) is 2. The van der Waals surface area contributed by atoms with Crippen LogP contribution in [0, 0.1) is 0 Å². The lowest BCUT2D eigenvalue weighted by atomic mass is 10.1. The molecule has 0 aromatic heterocycles. The first-order valence-corrected chi connectivity index (χ1v) is 6.60. The standard InChI is InChI=1S/C12H11NO4S/c1-8(14)13-10-6-2-4-9-5-3-7-11(12(9)10)18(15,16)17/h2-7H,1H3,(H,13,14)(H,15,16,17). The number of amides is 1. The lowest BCUT2D eigenvalue weighted by Crippen LogP contribution is -2.08. The van der Waals surface area contributed by atoms with Gasteiger partial charge in [0.25, 0.3) is 10.1 Å². The largest absolute Gasteiger partial charge is 0.326 e. The van der Waals surface area contributed by atoms with Gasteiger partial charge in [0.1, 0.15) is 4.90 Å². The molecule has 6 heteroatoms. The van der Waals surface area contributed by atoms with Crippen LogP contribution in [0.15, 0.2) is 41.3 Å². The van der Waals surface area contributed by atoms with Crippen LogP contribution in [0.5, 0.6) is 0 Å². The van der Waals surface area contributed by atoms with E-state index in [9.17, 15) is 17.8 Å². The molecule has 0 aliphatic heterocycles. The summed E-state index contributed by atoms with van der Waals surface area (Å²) in [4.78, 5) is 10.9. The van der Waals surface area contributed by atoms with Crippen LogP contribution in [0.2, 0.25) is 0 Å². The van der Waals surface area contributed by atoms with Gasteiger partial charge in [-0.05, 0) is 17.5 Å². The summed E-state index contributed by atoms with van der Waals surface area (Å²) in [5, 5.41) is 3.47. The van der Waals surface area contributed by atoms with E-state index in [0.717, 1.165) is 0 Å². The minimum absolute atomic E-state index is 0.218. The van der Waals surface area contributed by atoms with Crippen LogP contribution in [-0.4, -0.2) is 18.9 Å². The van der Waals surface area contributed by atoms with Crippen LogP contribution >= 0.6 is 0 Å². The van der Waals surface area contributed by atoms with Crippen molar-refractivity contribution in [3.8, 4) is 0 Å². The number of nitrogens with one attached hydrogen (secondary N) is 1. The van der Waals surface area contributed by atoms with Gasteiger partial charge in [-0.1, -0.05) is 24.3 Å². The predicted molar refractivity (Wildman–Crippen MR) is 68.1 cm³/mol. The fraction of sp³-hybridized carbons (Fsp3) is 0.0833. The summed E-state index contributed by atoms with van der Waals surface area (Å²) in [5.41, 5.74) is 0.355. The normalized spacial score (nSPS) is 11.4. The van der Waals surface area contributed by atoms with Crippen molar-refractivity contribution >= 4 is 32.5 Å². The first-order chi connectivity index (χ1) is 8.39. The number of carbonyl (C=O) groups is 1. The Balaban J connectivity index is 2.84. The van der Waals surface area contributed by atoms with Crippen molar-refractivity contribution in [2.45, 2.75) is 11.8 Å². The maximum absolute atomic E-state index is 11.3. The maximum atomic E-state index is 11.3. The molecule has 1 amide bonds. The van der Waals surface area contributed by atoms with Gasteiger partial charge >= 0.3 is 0 Å². The van der Waals surface area contributed by atoms with E-state index in [2.05, 4.69) is 5.32 Å². The molecule has 2 N–H and O–H groups in total. The zero-order chi connectivity index (χ0) is 13.3. The average molecular weight is 265 g/mol. The predicted octanol–water partition coefficient (Wildman–Crippen LogP) is 2.04. The number of anilines is 1. The summed E-state index contributed by atoms with van der Waals surface area (Å²) >= 11 is 0. The zero-order valence-electron chi connectivity index (χ0n) is 9.54. The van der Waals surface area contributed by atoms with Crippen molar-refractivity contribution in [2.75, 3.05) is 5.32 Å². The Morgan fingerprint density at radius 3 is 2.33 bits per heavy atom. The van der Waals surface area contributed by atoms with E-state index in [1.54, 1.807) is 24.3 Å². The van der Waals surface area contributed by atoms with Gasteiger partial charge < -0.3 is 5.32 Å². The molecule has 2 aromatic carbocycles. The molecule has 94 valence electrons. The molecule has 0 bridgehead atoms. The Morgan fingerprint density at radius 2 is 1.78 bits per heavy atom. The third-order valence-corrected chi connectivity index (χ3v) is 3.35. The van der Waals surface area contributed by atoms with Crippen LogP contribution in [0.25, 0.3) is 10.8 Å². The highest BCUT2D eigenvalue weighted by atomic mass is 32.2. The highest BCUT2D eigenvalue weighted by Crippen LogP contribution is 2.29. The van der Waals surface area contributed by atoms with Crippen molar-refractivity contribution in [3.63, 3.8) is 0 Å². The highest BCUT2D eigenvalue weighted by Gasteiger charge is 2.16. The molecule has 0 saturated heterocycles. The second-order valence-corrected chi connectivity index (χ2v) is 5.21. The third kappa shape index (κ3) is 2.34. The molecule has 0 aliphatic carbocycles. The van der Waals surface area contributed by atoms with Gasteiger partial charge in [-0.25, -0.2) is 0 Å². The Kier molecular flexibility index (Phi) is 3.06. The SMILES string of the molecule is CC(=O)Nc1cccc2cccc(S(=O)(=O)O)c12. The number of fused-ring (bicyclic) bond motifs is 1. The molecule has 5 nitrogen and oxygen atoms in total. The molecule has 2 rings (SSSR count). The quantitative estimate of drug-likeness (QED) is 0.814. The van der Waals surface area contributed by atoms with Gasteiger partial charge in [0.15, 0.2) is 0 Å². The monoisotopic (exact) mass is 265 g/mol. The molecule has 0 heterocycles. The molecule has 0 aliphatic rings. The fourth-order valence-corrected chi connectivity index (χ4v) is 2.55. The zero-order valence-corrected chi connectivity index (χ0v) is 10.4. The van der Waals surface area contributed by atoms with E-state index in [1.165, 1.54) is 19.1 Å². The number of hydrogen-bond acceptors (Lipinski definition) is 3. The van der Waals surface area contributed by atoms with E-state index in [0.29, 0.717) is 16.5 Å². The third-order valence-electron chi connectivity index (χ3n) is 2.46. The molecule has 18 heavy (non-hydrogen) atoms. The van der Waals surface area contributed by atoms with Gasteiger partial charge in [0.05, 0.1) is 0 Å². The Bertz CT molecular complexity index is 717. The van der Waals surface area contributed by atoms with Gasteiger partial charge in [-0.3, -0.25) is 9.35 Å². The summed E-state index contributed by atoms with van der Waals surface area (Å²) in [7, 11) is -4.34. The average Bonchev–Trinajstić information content (AvgIpc) is 2.26. The number of carbonyl (C=O) groups excluding carboxylic acids is 1. The van der Waals surface area contributed by atoms with E-state index in [1.807, 2.05) is 0 Å². The second kappa shape index (κ2) is 4.40. The minimum Gasteiger partial charge on any atom is -0.326 e. The van der Waals surface area contributed by atoms with Crippen LogP contribution in [0.3, 0.4) is 0 Å². The minimum atomic E-state index is -4.34. The molecule has 0 unspecified atom stereocenters. The topological polar surface area (TPSA) is 83.5 Å². The summed E-state index contributed by atoms with van der Waals surface area (Å²) in [6.07, 6.45) is 0. The summed E-state index contributed by atoms with van der Waals surface area (Å²) in [5.74, 6) is -0.312. The van der Waals surface area contributed by atoms with Crippen molar-refractivity contribution in [3.05, 3.63) is 36.4 Å². The van der Waals surface area contributed by atoms with Gasteiger partial charge in [0.2, 0.25) is 5.91 Å². The smallest absolute Gasteiger partial charge is 0.295 e. The number of benzene rings is 2. The Labute approximate surface area is 104 Å². The lowest BCUT2D eigenvalue weighted by molar-refractivity contribution is -0.114. The molecule has 0 atom stereocenters. The van der Waals surface area contributed by atoms with Crippen LogP contribution in [-0.2, 0) is 14.9 Å². The summed E-state index contributed by atoms with van der Waals surface area (Å²) in [6.45, 7) is 1.33.